The zero-order valence-corrected chi connectivity index (χ0v) is 14.3. The van der Waals surface area contributed by atoms with Crippen LogP contribution >= 0.6 is 0 Å². The molecule has 0 heterocycles. The standard InChI is InChI=1S/C17H22N2O4/c1-16(2,3)22-14(20)12-9-11(10-18)7-8-13(12)19-15(21)23-17(4,5)6/h7-9H,1-6H3,(H,19,21). The number of carbonyl (C=O) groups excluding carboxylic acids is 2. The number of ether oxygens (including phenoxy) is 2. The molecular weight excluding hydrogens is 296 g/mol. The molecule has 0 saturated carbocycles. The Morgan fingerprint density at radius 1 is 1.04 bits per heavy atom. The van der Waals surface area contributed by atoms with Gasteiger partial charge in [0.2, 0.25) is 0 Å². The van der Waals surface area contributed by atoms with E-state index in [1.54, 1.807) is 41.5 Å². The summed E-state index contributed by atoms with van der Waals surface area (Å²) in [7, 11) is 0. The molecule has 0 radical (unpaired) electrons. The SMILES string of the molecule is CC(C)(C)OC(=O)Nc1ccc(C#N)cc1C(=O)OC(C)(C)C. The second-order valence-corrected chi connectivity index (χ2v) is 7.00. The normalized spacial score (nSPS) is 11.3. The molecule has 1 N–H and O–H groups in total. The zero-order chi connectivity index (χ0) is 17.8. The van der Waals surface area contributed by atoms with Gasteiger partial charge in [-0.1, -0.05) is 0 Å². The number of nitrogens with zero attached hydrogens (tertiary/aromatic N) is 1. The molecule has 1 aromatic carbocycles. The number of hydrogen-bond acceptors (Lipinski definition) is 5. The monoisotopic (exact) mass is 318 g/mol. The van der Waals surface area contributed by atoms with Crippen molar-refractivity contribution in [2.45, 2.75) is 52.7 Å². The van der Waals surface area contributed by atoms with Gasteiger partial charge in [-0.25, -0.2) is 9.59 Å². The van der Waals surface area contributed by atoms with Crippen molar-refractivity contribution >= 4 is 17.7 Å². The Morgan fingerprint density at radius 3 is 2.09 bits per heavy atom. The number of nitriles is 1. The maximum absolute atomic E-state index is 12.3. The number of benzene rings is 1. The minimum atomic E-state index is -0.692. The second-order valence-electron chi connectivity index (χ2n) is 7.00. The van der Waals surface area contributed by atoms with Crippen LogP contribution in [0.4, 0.5) is 10.5 Å². The molecule has 0 aliphatic heterocycles. The van der Waals surface area contributed by atoms with Gasteiger partial charge in [0.25, 0.3) is 0 Å². The maximum Gasteiger partial charge on any atom is 0.412 e. The summed E-state index contributed by atoms with van der Waals surface area (Å²) in [5.41, 5.74) is -0.732. The molecular formula is C17H22N2O4. The Morgan fingerprint density at radius 2 is 1.61 bits per heavy atom. The van der Waals surface area contributed by atoms with Crippen LogP contribution in [0.25, 0.3) is 0 Å². The van der Waals surface area contributed by atoms with Gasteiger partial charge in [-0.15, -0.1) is 0 Å². The van der Waals surface area contributed by atoms with Gasteiger partial charge in [-0.05, 0) is 59.7 Å². The Kier molecular flexibility index (Phi) is 5.38. The van der Waals surface area contributed by atoms with Crippen LogP contribution in [0, 0.1) is 11.3 Å². The summed E-state index contributed by atoms with van der Waals surface area (Å²) in [5, 5.41) is 11.5. The van der Waals surface area contributed by atoms with Gasteiger partial charge in [0.1, 0.15) is 11.2 Å². The van der Waals surface area contributed by atoms with Gasteiger partial charge in [0.05, 0.1) is 22.9 Å². The van der Waals surface area contributed by atoms with E-state index in [1.807, 2.05) is 6.07 Å². The molecule has 6 heteroatoms. The van der Waals surface area contributed by atoms with Gasteiger partial charge in [0.15, 0.2) is 0 Å². The first-order valence-corrected chi connectivity index (χ1v) is 7.19. The van der Waals surface area contributed by atoms with Crippen molar-refractivity contribution < 1.29 is 19.1 Å². The van der Waals surface area contributed by atoms with Crippen LogP contribution in [0.3, 0.4) is 0 Å². The van der Waals surface area contributed by atoms with Gasteiger partial charge in [-0.2, -0.15) is 5.26 Å². The number of esters is 1. The summed E-state index contributed by atoms with van der Waals surface area (Å²) in [4.78, 5) is 24.2. The van der Waals surface area contributed by atoms with E-state index >= 15 is 0 Å². The minimum absolute atomic E-state index is 0.102. The fraction of sp³-hybridized carbons (Fsp3) is 0.471. The number of amides is 1. The van der Waals surface area contributed by atoms with E-state index in [0.29, 0.717) is 5.56 Å². The predicted octanol–water partition coefficient (Wildman–Crippen LogP) is 3.86. The van der Waals surface area contributed by atoms with Crippen molar-refractivity contribution in [2.75, 3.05) is 5.32 Å². The zero-order valence-electron chi connectivity index (χ0n) is 14.3. The van der Waals surface area contributed by atoms with Crippen molar-refractivity contribution in [3.63, 3.8) is 0 Å². The van der Waals surface area contributed by atoms with Crippen molar-refractivity contribution in [2.24, 2.45) is 0 Å². The van der Waals surface area contributed by atoms with E-state index in [1.165, 1.54) is 18.2 Å². The number of hydrogen-bond donors (Lipinski definition) is 1. The fourth-order valence-electron chi connectivity index (χ4n) is 1.64. The highest BCUT2D eigenvalue weighted by Crippen LogP contribution is 2.22. The molecule has 0 atom stereocenters. The predicted molar refractivity (Wildman–Crippen MR) is 86.2 cm³/mol. The minimum Gasteiger partial charge on any atom is -0.456 e. The summed E-state index contributed by atoms with van der Waals surface area (Å²) in [5.74, 6) is -0.624. The summed E-state index contributed by atoms with van der Waals surface area (Å²) in [6.07, 6.45) is -0.688. The largest absolute Gasteiger partial charge is 0.456 e. The summed E-state index contributed by atoms with van der Waals surface area (Å²) >= 11 is 0. The first-order chi connectivity index (χ1) is 10.4. The van der Waals surface area contributed by atoms with Gasteiger partial charge < -0.3 is 9.47 Å². The molecule has 0 aliphatic carbocycles. The van der Waals surface area contributed by atoms with Gasteiger partial charge in [0, 0.05) is 0 Å². The molecule has 0 spiro atoms. The molecule has 0 aliphatic rings. The van der Waals surface area contributed by atoms with Crippen LogP contribution in [0.1, 0.15) is 57.5 Å². The van der Waals surface area contributed by atoms with Crippen molar-refractivity contribution in [3.05, 3.63) is 29.3 Å². The van der Waals surface area contributed by atoms with Crippen LogP contribution in [0.15, 0.2) is 18.2 Å². The summed E-state index contributed by atoms with van der Waals surface area (Å²) in [6, 6.07) is 6.30. The van der Waals surface area contributed by atoms with Gasteiger partial charge in [-0.3, -0.25) is 5.32 Å². The molecule has 23 heavy (non-hydrogen) atoms. The van der Waals surface area contributed by atoms with E-state index in [0.717, 1.165) is 0 Å². The van der Waals surface area contributed by atoms with Crippen LogP contribution in [-0.4, -0.2) is 23.3 Å². The van der Waals surface area contributed by atoms with Crippen LogP contribution in [0.2, 0.25) is 0 Å². The van der Waals surface area contributed by atoms with E-state index in [9.17, 15) is 9.59 Å². The fourth-order valence-corrected chi connectivity index (χ4v) is 1.64. The molecule has 6 nitrogen and oxygen atoms in total. The highest BCUT2D eigenvalue weighted by molar-refractivity contribution is 6.00. The average Bonchev–Trinajstić information content (AvgIpc) is 2.34. The number of nitrogens with one attached hydrogen (secondary N) is 1. The van der Waals surface area contributed by atoms with E-state index < -0.39 is 23.3 Å². The molecule has 0 saturated heterocycles. The van der Waals surface area contributed by atoms with Crippen molar-refractivity contribution in [1.82, 2.24) is 0 Å². The lowest BCUT2D eigenvalue weighted by Gasteiger charge is -2.22. The smallest absolute Gasteiger partial charge is 0.412 e. The topological polar surface area (TPSA) is 88.4 Å². The molecule has 1 amide bonds. The molecule has 0 unspecified atom stereocenters. The van der Waals surface area contributed by atoms with Crippen LogP contribution in [0.5, 0.6) is 0 Å². The Balaban J connectivity index is 3.10. The van der Waals surface area contributed by atoms with Crippen LogP contribution < -0.4 is 5.32 Å². The number of anilines is 1. The van der Waals surface area contributed by atoms with Crippen molar-refractivity contribution in [1.29, 1.82) is 5.26 Å². The van der Waals surface area contributed by atoms with Crippen molar-refractivity contribution in [3.8, 4) is 6.07 Å². The van der Waals surface area contributed by atoms with E-state index in [-0.39, 0.29) is 11.3 Å². The highest BCUT2D eigenvalue weighted by atomic mass is 16.6. The third kappa shape index (κ3) is 6.39. The van der Waals surface area contributed by atoms with E-state index in [2.05, 4.69) is 5.32 Å². The third-order valence-corrected chi connectivity index (χ3v) is 2.40. The first-order valence-electron chi connectivity index (χ1n) is 7.19. The number of rotatable bonds is 2. The molecule has 1 rings (SSSR count). The molecule has 1 aromatic rings. The maximum atomic E-state index is 12.3. The lowest BCUT2D eigenvalue weighted by molar-refractivity contribution is 0.00707. The van der Waals surface area contributed by atoms with Gasteiger partial charge >= 0.3 is 12.1 Å². The summed E-state index contributed by atoms with van der Waals surface area (Å²) < 4.78 is 10.5. The molecule has 0 bridgehead atoms. The second kappa shape index (κ2) is 6.69. The average molecular weight is 318 g/mol. The Labute approximate surface area is 136 Å². The molecule has 0 aromatic heterocycles. The lowest BCUT2D eigenvalue weighted by atomic mass is 10.1. The van der Waals surface area contributed by atoms with E-state index in [4.69, 9.17) is 14.7 Å². The third-order valence-electron chi connectivity index (χ3n) is 2.40. The first kappa shape index (κ1) is 18.5. The Bertz CT molecular complexity index is 646. The molecule has 124 valence electrons. The summed E-state index contributed by atoms with van der Waals surface area (Å²) in [6.45, 7) is 10.4. The Hall–Kier alpha value is -2.55. The quantitative estimate of drug-likeness (QED) is 0.836. The highest BCUT2D eigenvalue weighted by Gasteiger charge is 2.23. The number of carbonyl (C=O) groups is 2. The lowest BCUT2D eigenvalue weighted by Crippen LogP contribution is -2.28. The van der Waals surface area contributed by atoms with Crippen LogP contribution in [-0.2, 0) is 9.47 Å². The molecule has 0 fully saturated rings.